The van der Waals surface area contributed by atoms with Crippen molar-refractivity contribution in [1.29, 1.82) is 0 Å². The summed E-state index contributed by atoms with van der Waals surface area (Å²) in [6, 6.07) is 0. The molecular formula is C12H21N2O2-. The van der Waals surface area contributed by atoms with Gasteiger partial charge in [-0.3, -0.25) is 9.80 Å². The number of carboxylic acids is 1. The average molecular weight is 225 g/mol. The van der Waals surface area contributed by atoms with E-state index in [1.165, 1.54) is 12.8 Å². The highest BCUT2D eigenvalue weighted by Gasteiger charge is 2.28. The van der Waals surface area contributed by atoms with Gasteiger partial charge in [-0.05, 0) is 51.9 Å². The van der Waals surface area contributed by atoms with E-state index in [-0.39, 0.29) is 0 Å². The van der Waals surface area contributed by atoms with Gasteiger partial charge in [-0.1, -0.05) is 12.8 Å². The number of likely N-dealkylation sites (tertiary alicyclic amines) is 2. The van der Waals surface area contributed by atoms with Gasteiger partial charge in [0.2, 0.25) is 0 Å². The Morgan fingerprint density at radius 1 is 0.812 bits per heavy atom. The van der Waals surface area contributed by atoms with Crippen LogP contribution in [0.4, 0.5) is 0 Å². The highest BCUT2D eigenvalue weighted by molar-refractivity contribution is 5.70. The smallest absolute Gasteiger partial charge is 0.103 e. The molecule has 0 spiro atoms. The summed E-state index contributed by atoms with van der Waals surface area (Å²) in [5.74, 6) is -0.913. The first-order chi connectivity index (χ1) is 7.79. The van der Waals surface area contributed by atoms with Crippen LogP contribution in [0, 0.1) is 0 Å². The van der Waals surface area contributed by atoms with Gasteiger partial charge in [0.05, 0.1) is 5.97 Å². The van der Waals surface area contributed by atoms with E-state index >= 15 is 0 Å². The zero-order valence-electron chi connectivity index (χ0n) is 9.86. The number of hydrogen-bond acceptors (Lipinski definition) is 4. The van der Waals surface area contributed by atoms with E-state index in [9.17, 15) is 9.90 Å². The molecule has 0 radical (unpaired) electrons. The minimum absolute atomic E-state index is 0.472. The van der Waals surface area contributed by atoms with Crippen LogP contribution in [0.1, 0.15) is 38.5 Å². The monoisotopic (exact) mass is 225 g/mol. The third-order valence-corrected chi connectivity index (χ3v) is 3.68. The second-order valence-electron chi connectivity index (χ2n) is 4.89. The zero-order chi connectivity index (χ0) is 11.4. The van der Waals surface area contributed by atoms with Crippen molar-refractivity contribution < 1.29 is 9.90 Å². The van der Waals surface area contributed by atoms with Gasteiger partial charge in [-0.15, -0.1) is 0 Å². The third-order valence-electron chi connectivity index (χ3n) is 3.68. The van der Waals surface area contributed by atoms with Gasteiger partial charge in [0.25, 0.3) is 0 Å². The SMILES string of the molecule is O=C([O-])C(N1CCCCC1)N1CCCCC1. The highest BCUT2D eigenvalue weighted by atomic mass is 16.4. The number of piperidine rings is 2. The second kappa shape index (κ2) is 5.64. The fraction of sp³-hybridized carbons (Fsp3) is 0.917. The largest absolute Gasteiger partial charge is 0.547 e. The maximum atomic E-state index is 11.3. The third kappa shape index (κ3) is 2.74. The number of hydrogen-bond donors (Lipinski definition) is 0. The first-order valence-electron chi connectivity index (χ1n) is 6.48. The molecule has 0 unspecified atom stereocenters. The van der Waals surface area contributed by atoms with Crippen LogP contribution in [-0.2, 0) is 4.79 Å². The van der Waals surface area contributed by atoms with Crippen LogP contribution in [-0.4, -0.2) is 48.1 Å². The number of carbonyl (C=O) groups excluding carboxylic acids is 1. The molecular weight excluding hydrogens is 204 g/mol. The molecule has 0 bridgehead atoms. The van der Waals surface area contributed by atoms with E-state index in [0.717, 1.165) is 51.9 Å². The summed E-state index contributed by atoms with van der Waals surface area (Å²) in [4.78, 5) is 15.5. The number of carbonyl (C=O) groups is 1. The topological polar surface area (TPSA) is 46.6 Å². The minimum Gasteiger partial charge on any atom is -0.547 e. The molecule has 2 aliphatic rings. The van der Waals surface area contributed by atoms with Crippen LogP contribution in [0.3, 0.4) is 0 Å². The van der Waals surface area contributed by atoms with Gasteiger partial charge in [0.1, 0.15) is 6.17 Å². The fourth-order valence-corrected chi connectivity index (χ4v) is 2.85. The normalized spacial score (nSPS) is 24.8. The van der Waals surface area contributed by atoms with Gasteiger partial charge < -0.3 is 9.90 Å². The molecule has 2 aliphatic heterocycles. The summed E-state index contributed by atoms with van der Waals surface area (Å²) in [6.45, 7) is 3.65. The van der Waals surface area contributed by atoms with E-state index in [2.05, 4.69) is 9.80 Å². The molecule has 92 valence electrons. The first-order valence-corrected chi connectivity index (χ1v) is 6.48. The quantitative estimate of drug-likeness (QED) is 0.680. The predicted octanol–water partition coefficient (Wildman–Crippen LogP) is 0.0342. The van der Waals surface area contributed by atoms with Crippen molar-refractivity contribution >= 4 is 5.97 Å². The van der Waals surface area contributed by atoms with Crippen molar-refractivity contribution in [2.75, 3.05) is 26.2 Å². The Kier molecular flexibility index (Phi) is 4.18. The van der Waals surface area contributed by atoms with Crippen molar-refractivity contribution in [3.8, 4) is 0 Å². The molecule has 0 amide bonds. The standard InChI is InChI=1S/C12H22N2O2/c15-12(16)11(13-7-3-1-4-8-13)14-9-5-2-6-10-14/h11H,1-10H2,(H,15,16)/p-1. The number of nitrogens with zero attached hydrogens (tertiary/aromatic N) is 2. The van der Waals surface area contributed by atoms with E-state index in [4.69, 9.17) is 0 Å². The summed E-state index contributed by atoms with van der Waals surface area (Å²) in [5.41, 5.74) is 0. The number of rotatable bonds is 3. The molecule has 0 N–H and O–H groups in total. The Morgan fingerprint density at radius 3 is 1.50 bits per heavy atom. The van der Waals surface area contributed by atoms with Gasteiger partial charge in [0, 0.05) is 0 Å². The Hall–Kier alpha value is -0.610. The van der Waals surface area contributed by atoms with Crippen molar-refractivity contribution in [3.63, 3.8) is 0 Å². The highest BCUT2D eigenvalue weighted by Crippen LogP contribution is 2.18. The molecule has 2 saturated heterocycles. The summed E-state index contributed by atoms with van der Waals surface area (Å²) < 4.78 is 0. The fourth-order valence-electron chi connectivity index (χ4n) is 2.85. The zero-order valence-corrected chi connectivity index (χ0v) is 9.86. The van der Waals surface area contributed by atoms with Crippen molar-refractivity contribution in [2.24, 2.45) is 0 Å². The minimum atomic E-state index is -0.913. The lowest BCUT2D eigenvalue weighted by molar-refractivity contribution is -0.318. The lowest BCUT2D eigenvalue weighted by atomic mass is 10.1. The molecule has 0 aromatic heterocycles. The number of carboxylic acid groups (broad SMARTS) is 1. The van der Waals surface area contributed by atoms with Crippen LogP contribution in [0.25, 0.3) is 0 Å². The van der Waals surface area contributed by atoms with Crippen LogP contribution >= 0.6 is 0 Å². The van der Waals surface area contributed by atoms with Crippen LogP contribution in [0.15, 0.2) is 0 Å². The molecule has 4 heteroatoms. The number of aliphatic carboxylic acids is 1. The lowest BCUT2D eigenvalue weighted by Gasteiger charge is -2.43. The molecule has 0 atom stereocenters. The Balaban J connectivity index is 1.99. The second-order valence-corrected chi connectivity index (χ2v) is 4.89. The Morgan fingerprint density at radius 2 is 1.19 bits per heavy atom. The summed E-state index contributed by atoms with van der Waals surface area (Å²) in [7, 11) is 0. The van der Waals surface area contributed by atoms with Crippen LogP contribution < -0.4 is 5.11 Å². The summed E-state index contributed by atoms with van der Waals surface area (Å²) >= 11 is 0. The summed E-state index contributed by atoms with van der Waals surface area (Å²) in [6.07, 6.45) is 6.48. The van der Waals surface area contributed by atoms with E-state index in [0.29, 0.717) is 0 Å². The lowest BCUT2D eigenvalue weighted by Crippen LogP contribution is -2.59. The Bertz CT molecular complexity index is 215. The predicted molar refractivity (Wildman–Crippen MR) is 59.6 cm³/mol. The first kappa shape index (κ1) is 11.9. The van der Waals surface area contributed by atoms with E-state index in [1.807, 2.05) is 0 Å². The molecule has 0 aromatic carbocycles. The van der Waals surface area contributed by atoms with Gasteiger partial charge in [0.15, 0.2) is 0 Å². The maximum Gasteiger partial charge on any atom is 0.103 e. The molecule has 2 heterocycles. The molecule has 0 aliphatic carbocycles. The van der Waals surface area contributed by atoms with Gasteiger partial charge >= 0.3 is 0 Å². The van der Waals surface area contributed by atoms with Gasteiger partial charge in [-0.25, -0.2) is 0 Å². The van der Waals surface area contributed by atoms with E-state index in [1.54, 1.807) is 0 Å². The molecule has 2 fully saturated rings. The van der Waals surface area contributed by atoms with Crippen molar-refractivity contribution in [1.82, 2.24) is 9.80 Å². The molecule has 4 nitrogen and oxygen atoms in total. The van der Waals surface area contributed by atoms with Crippen molar-refractivity contribution in [3.05, 3.63) is 0 Å². The Labute approximate surface area is 97.2 Å². The summed E-state index contributed by atoms with van der Waals surface area (Å²) in [5, 5.41) is 11.3. The van der Waals surface area contributed by atoms with Crippen LogP contribution in [0.5, 0.6) is 0 Å². The van der Waals surface area contributed by atoms with Gasteiger partial charge in [-0.2, -0.15) is 0 Å². The molecule has 2 rings (SSSR count). The van der Waals surface area contributed by atoms with E-state index < -0.39 is 12.1 Å². The average Bonchev–Trinajstić information content (AvgIpc) is 2.31. The van der Waals surface area contributed by atoms with Crippen LogP contribution in [0.2, 0.25) is 0 Å². The molecule has 0 saturated carbocycles. The molecule has 16 heavy (non-hydrogen) atoms. The maximum absolute atomic E-state index is 11.3. The van der Waals surface area contributed by atoms with Crippen molar-refractivity contribution in [2.45, 2.75) is 44.7 Å². The molecule has 0 aromatic rings.